The largest absolute Gasteiger partial charge is 0.354 e. The summed E-state index contributed by atoms with van der Waals surface area (Å²) < 4.78 is 1.64. The number of aryl methyl sites for hydroxylation is 3. The van der Waals surface area contributed by atoms with Gasteiger partial charge in [0.15, 0.2) is 0 Å². The number of piperidine rings is 2. The molecule has 1 aliphatic carbocycles. The number of aromatic amines is 1. The van der Waals surface area contributed by atoms with Crippen LogP contribution in [0.5, 0.6) is 0 Å². The fourth-order valence-electron chi connectivity index (χ4n) is 7.71. The van der Waals surface area contributed by atoms with Crippen LogP contribution in [0.3, 0.4) is 0 Å². The molecule has 6 heteroatoms. The van der Waals surface area contributed by atoms with Gasteiger partial charge in [-0.2, -0.15) is 0 Å². The molecule has 2 aromatic carbocycles. The first-order valence-electron chi connectivity index (χ1n) is 16.4. The van der Waals surface area contributed by atoms with Crippen molar-refractivity contribution in [1.29, 1.82) is 0 Å². The zero-order valence-corrected chi connectivity index (χ0v) is 27.3. The molecule has 3 fully saturated rings. The van der Waals surface area contributed by atoms with E-state index in [9.17, 15) is 9.59 Å². The van der Waals surface area contributed by atoms with Crippen molar-refractivity contribution in [3.8, 4) is 11.3 Å². The van der Waals surface area contributed by atoms with Gasteiger partial charge in [-0.1, -0.05) is 36.2 Å². The number of H-pyrrole nitrogens is 1. The van der Waals surface area contributed by atoms with Gasteiger partial charge in [0, 0.05) is 49.3 Å². The average Bonchev–Trinajstić information content (AvgIpc) is 3.40. The number of nitrogens with one attached hydrogen (secondary N) is 2. The standard InChI is InChI=1S/C38H48N4O2/c1-24-17-25(2)19-29(18-24)36-35(26(3)21-39-16-15-28-9-14-34(43)41(6)22-28)32-20-30(10-13-33(32)40-36)38(4,5)37(44)42-23-27-7-11-31(42)12-8-27/h9-10,13-14,17-20,22,26-27,31,39-40H,7-8,11-12,15-16,21,23H2,1-6H3/t26-,27?,31?/m1/s1. The first kappa shape index (κ1) is 30.4. The number of benzene rings is 2. The number of carbonyl (C=O) groups excluding carboxylic acids is 1. The van der Waals surface area contributed by atoms with Gasteiger partial charge in [0.05, 0.1) is 11.1 Å². The Bertz CT molecular complexity index is 1720. The number of hydrogen-bond donors (Lipinski definition) is 2. The summed E-state index contributed by atoms with van der Waals surface area (Å²) in [6.07, 6.45) is 7.62. The van der Waals surface area contributed by atoms with E-state index in [1.165, 1.54) is 40.5 Å². The number of pyridine rings is 1. The predicted molar refractivity (Wildman–Crippen MR) is 180 cm³/mol. The van der Waals surface area contributed by atoms with Gasteiger partial charge in [-0.3, -0.25) is 9.59 Å². The molecule has 1 atom stereocenters. The van der Waals surface area contributed by atoms with E-state index in [2.05, 4.69) is 86.2 Å². The third-order valence-electron chi connectivity index (χ3n) is 10.3. The van der Waals surface area contributed by atoms with E-state index in [0.29, 0.717) is 12.0 Å². The number of nitrogens with zero attached hydrogens (tertiary/aromatic N) is 2. The van der Waals surface area contributed by atoms with Crippen molar-refractivity contribution in [2.24, 2.45) is 13.0 Å². The van der Waals surface area contributed by atoms with Crippen molar-refractivity contribution in [3.63, 3.8) is 0 Å². The fraction of sp³-hybridized carbons (Fsp3) is 0.474. The van der Waals surface area contributed by atoms with Gasteiger partial charge in [-0.25, -0.2) is 0 Å². The minimum atomic E-state index is -0.600. The zero-order valence-electron chi connectivity index (χ0n) is 27.3. The highest BCUT2D eigenvalue weighted by atomic mass is 16.2. The van der Waals surface area contributed by atoms with E-state index in [1.807, 2.05) is 12.3 Å². The number of aromatic nitrogens is 2. The summed E-state index contributed by atoms with van der Waals surface area (Å²) in [6.45, 7) is 13.4. The zero-order chi connectivity index (χ0) is 31.2. The van der Waals surface area contributed by atoms with Gasteiger partial charge in [0.2, 0.25) is 11.5 Å². The number of amides is 1. The van der Waals surface area contributed by atoms with Gasteiger partial charge in [0.1, 0.15) is 0 Å². The lowest BCUT2D eigenvalue weighted by Gasteiger charge is -2.47. The summed E-state index contributed by atoms with van der Waals surface area (Å²) in [5, 5.41) is 4.88. The van der Waals surface area contributed by atoms with Crippen LogP contribution in [0.4, 0.5) is 0 Å². The monoisotopic (exact) mass is 592 g/mol. The van der Waals surface area contributed by atoms with E-state index in [4.69, 9.17) is 0 Å². The van der Waals surface area contributed by atoms with Crippen LogP contribution in [0.15, 0.2) is 59.5 Å². The van der Waals surface area contributed by atoms with E-state index in [1.54, 1.807) is 17.7 Å². The number of hydrogen-bond acceptors (Lipinski definition) is 3. The molecule has 1 saturated carbocycles. The van der Waals surface area contributed by atoms with Crippen LogP contribution in [-0.4, -0.2) is 46.0 Å². The molecule has 2 N–H and O–H groups in total. The summed E-state index contributed by atoms with van der Waals surface area (Å²) in [5.41, 5.74) is 8.90. The maximum absolute atomic E-state index is 14.1. The molecule has 2 saturated heterocycles. The van der Waals surface area contributed by atoms with Gasteiger partial charge in [-0.15, -0.1) is 0 Å². The number of fused-ring (bicyclic) bond motifs is 4. The van der Waals surface area contributed by atoms with Crippen molar-refractivity contribution >= 4 is 16.8 Å². The normalized spacial score (nSPS) is 19.1. The Kier molecular flexibility index (Phi) is 8.31. The molecule has 1 amide bonds. The molecule has 7 rings (SSSR count). The molecule has 3 aliphatic rings. The molecule has 0 radical (unpaired) electrons. The molecule has 4 aromatic rings. The smallest absolute Gasteiger partial charge is 0.250 e. The van der Waals surface area contributed by atoms with Gasteiger partial charge in [-0.05, 0) is 125 Å². The van der Waals surface area contributed by atoms with Crippen molar-refractivity contribution in [1.82, 2.24) is 19.8 Å². The molecule has 2 aromatic heterocycles. The fourth-order valence-corrected chi connectivity index (χ4v) is 7.71. The quantitative estimate of drug-likeness (QED) is 0.211. The molecule has 6 nitrogen and oxygen atoms in total. The van der Waals surface area contributed by atoms with E-state index in [0.717, 1.165) is 61.2 Å². The van der Waals surface area contributed by atoms with Crippen molar-refractivity contribution in [2.45, 2.75) is 84.1 Å². The maximum Gasteiger partial charge on any atom is 0.250 e. The lowest BCUT2D eigenvalue weighted by Crippen LogP contribution is -2.55. The van der Waals surface area contributed by atoms with Crippen molar-refractivity contribution in [2.75, 3.05) is 19.6 Å². The van der Waals surface area contributed by atoms with E-state index < -0.39 is 5.41 Å². The van der Waals surface area contributed by atoms with Crippen molar-refractivity contribution in [3.05, 3.63) is 92.9 Å². The minimum absolute atomic E-state index is 0.0148. The van der Waals surface area contributed by atoms with Crippen LogP contribution >= 0.6 is 0 Å². The Labute approximate surface area is 261 Å². The highest BCUT2D eigenvalue weighted by Crippen LogP contribution is 2.41. The Morgan fingerprint density at radius 3 is 2.41 bits per heavy atom. The summed E-state index contributed by atoms with van der Waals surface area (Å²) in [7, 11) is 1.80. The van der Waals surface area contributed by atoms with Gasteiger partial charge < -0.3 is 19.8 Å². The Morgan fingerprint density at radius 1 is 1.02 bits per heavy atom. The van der Waals surface area contributed by atoms with Crippen LogP contribution in [0, 0.1) is 19.8 Å². The molecular formula is C38H48N4O2. The molecule has 232 valence electrons. The first-order valence-corrected chi connectivity index (χ1v) is 16.4. The highest BCUT2D eigenvalue weighted by Gasteiger charge is 2.42. The van der Waals surface area contributed by atoms with Crippen LogP contribution in [0.25, 0.3) is 22.2 Å². The summed E-state index contributed by atoms with van der Waals surface area (Å²) in [6, 6.07) is 17.3. The molecule has 4 heterocycles. The second kappa shape index (κ2) is 12.0. The van der Waals surface area contributed by atoms with Crippen LogP contribution in [0.1, 0.15) is 80.2 Å². The Balaban J connectivity index is 1.31. The number of carbonyl (C=O) groups is 1. The lowest BCUT2D eigenvalue weighted by molar-refractivity contribution is -0.144. The summed E-state index contributed by atoms with van der Waals surface area (Å²) in [4.78, 5) is 31.9. The maximum atomic E-state index is 14.1. The third-order valence-corrected chi connectivity index (χ3v) is 10.3. The Hall–Kier alpha value is -3.64. The van der Waals surface area contributed by atoms with Crippen LogP contribution < -0.4 is 10.9 Å². The van der Waals surface area contributed by atoms with Crippen LogP contribution in [0.2, 0.25) is 0 Å². The topological polar surface area (TPSA) is 70.1 Å². The van der Waals surface area contributed by atoms with Crippen LogP contribution in [-0.2, 0) is 23.7 Å². The first-order chi connectivity index (χ1) is 21.0. The van der Waals surface area contributed by atoms with Crippen molar-refractivity contribution < 1.29 is 4.79 Å². The molecule has 44 heavy (non-hydrogen) atoms. The summed E-state index contributed by atoms with van der Waals surface area (Å²) >= 11 is 0. The molecule has 2 bridgehead atoms. The molecular weight excluding hydrogens is 544 g/mol. The number of rotatable bonds is 9. The Morgan fingerprint density at radius 2 is 1.75 bits per heavy atom. The predicted octanol–water partition coefficient (Wildman–Crippen LogP) is 6.76. The summed E-state index contributed by atoms with van der Waals surface area (Å²) in [5.74, 6) is 1.17. The van der Waals surface area contributed by atoms with Gasteiger partial charge in [0.25, 0.3) is 0 Å². The van der Waals surface area contributed by atoms with Gasteiger partial charge >= 0.3 is 0 Å². The SMILES string of the molecule is Cc1cc(C)cc(-c2[nH]c3ccc(C(C)(C)C(=O)N4CC5CCC4CC5)cc3c2[C@H](C)CNCCc2ccc(=O)n(C)c2)c1. The molecule has 0 spiro atoms. The second-order valence-corrected chi connectivity index (χ2v) is 14.1. The van der Waals surface area contributed by atoms with E-state index >= 15 is 0 Å². The highest BCUT2D eigenvalue weighted by molar-refractivity contribution is 5.94. The lowest BCUT2D eigenvalue weighted by atomic mass is 9.76. The molecule has 2 aliphatic heterocycles. The van der Waals surface area contributed by atoms with E-state index in [-0.39, 0.29) is 17.4 Å². The second-order valence-electron chi connectivity index (χ2n) is 14.1. The average molecular weight is 593 g/mol. The third kappa shape index (κ3) is 5.89. The molecule has 0 unspecified atom stereocenters. The minimum Gasteiger partial charge on any atom is -0.354 e.